The monoisotopic (exact) mass is 171 g/mol. The van der Waals surface area contributed by atoms with Gasteiger partial charge in [0.25, 0.3) is 0 Å². The van der Waals surface area contributed by atoms with Crippen LogP contribution in [0.4, 0.5) is 0 Å². The van der Waals surface area contributed by atoms with Gasteiger partial charge in [0.1, 0.15) is 5.82 Å². The van der Waals surface area contributed by atoms with Crippen molar-refractivity contribution in [2.75, 3.05) is 0 Å². The van der Waals surface area contributed by atoms with E-state index < -0.39 is 0 Å². The van der Waals surface area contributed by atoms with Crippen LogP contribution in [0.25, 0.3) is 21.9 Å². The molecular formula is C10H9N3. The summed E-state index contributed by atoms with van der Waals surface area (Å²) in [6.45, 7) is 1.97. The number of aryl methyl sites for hydroxylation is 1. The van der Waals surface area contributed by atoms with Crippen LogP contribution in [0.5, 0.6) is 0 Å². The summed E-state index contributed by atoms with van der Waals surface area (Å²) in [4.78, 5) is 10.8. The Morgan fingerprint density at radius 2 is 2.15 bits per heavy atom. The maximum absolute atomic E-state index is 4.37. The zero-order valence-electron chi connectivity index (χ0n) is 7.26. The van der Waals surface area contributed by atoms with Crippen LogP contribution < -0.4 is 0 Å². The molecule has 0 aliphatic rings. The molecule has 0 saturated heterocycles. The number of benzene rings is 1. The molecule has 1 aromatic carbocycles. The van der Waals surface area contributed by atoms with Crippen molar-refractivity contribution in [1.82, 2.24) is 15.0 Å². The highest BCUT2D eigenvalue weighted by Crippen LogP contribution is 2.22. The van der Waals surface area contributed by atoms with Crippen LogP contribution in [0, 0.1) is 6.92 Å². The number of hydrogen-bond donors (Lipinski definition) is 2. The lowest BCUT2D eigenvalue weighted by Gasteiger charge is -1.90. The van der Waals surface area contributed by atoms with E-state index in [0.29, 0.717) is 0 Å². The lowest BCUT2D eigenvalue weighted by molar-refractivity contribution is 1.17. The molecular weight excluding hydrogens is 162 g/mol. The highest BCUT2D eigenvalue weighted by atomic mass is 14.9. The largest absolute Gasteiger partial charge is 0.361 e. The number of nitrogens with zero attached hydrogens (tertiary/aromatic N) is 1. The first kappa shape index (κ1) is 6.71. The van der Waals surface area contributed by atoms with Gasteiger partial charge in [0.2, 0.25) is 0 Å². The van der Waals surface area contributed by atoms with Gasteiger partial charge >= 0.3 is 0 Å². The fourth-order valence-electron chi connectivity index (χ4n) is 1.74. The molecule has 0 atom stereocenters. The first-order valence-corrected chi connectivity index (χ1v) is 4.27. The first-order chi connectivity index (χ1) is 6.34. The molecule has 0 spiro atoms. The van der Waals surface area contributed by atoms with Gasteiger partial charge in [-0.1, -0.05) is 0 Å². The molecule has 0 bridgehead atoms. The van der Waals surface area contributed by atoms with Crippen LogP contribution in [0.15, 0.2) is 24.4 Å². The third kappa shape index (κ3) is 0.811. The summed E-state index contributed by atoms with van der Waals surface area (Å²) in [6.07, 6.45) is 1.94. The first-order valence-electron chi connectivity index (χ1n) is 4.27. The molecule has 2 aromatic heterocycles. The molecule has 0 fully saturated rings. The van der Waals surface area contributed by atoms with Gasteiger partial charge in [-0.05, 0) is 25.1 Å². The number of H-pyrrole nitrogens is 2. The smallest absolute Gasteiger partial charge is 0.104 e. The fraction of sp³-hybridized carbons (Fsp3) is 0.100. The number of aromatic amines is 2. The topological polar surface area (TPSA) is 44.5 Å². The van der Waals surface area contributed by atoms with Gasteiger partial charge in [0.15, 0.2) is 0 Å². The van der Waals surface area contributed by atoms with Crippen LogP contribution >= 0.6 is 0 Å². The second kappa shape index (κ2) is 2.13. The summed E-state index contributed by atoms with van der Waals surface area (Å²) in [5, 5.41) is 1.21. The number of rotatable bonds is 0. The van der Waals surface area contributed by atoms with E-state index in [1.807, 2.05) is 19.2 Å². The summed E-state index contributed by atoms with van der Waals surface area (Å²) in [5.74, 6) is 0.962. The highest BCUT2D eigenvalue weighted by Gasteiger charge is 2.03. The van der Waals surface area contributed by atoms with E-state index in [4.69, 9.17) is 0 Å². The molecule has 0 saturated carbocycles. The van der Waals surface area contributed by atoms with Gasteiger partial charge in [0.05, 0.1) is 11.0 Å². The Hall–Kier alpha value is -1.77. The number of hydrogen-bond acceptors (Lipinski definition) is 1. The van der Waals surface area contributed by atoms with Crippen molar-refractivity contribution in [3.8, 4) is 0 Å². The zero-order valence-corrected chi connectivity index (χ0v) is 7.26. The predicted molar refractivity (Wildman–Crippen MR) is 52.7 cm³/mol. The third-order valence-corrected chi connectivity index (χ3v) is 2.31. The van der Waals surface area contributed by atoms with Crippen LogP contribution in [0.2, 0.25) is 0 Å². The fourth-order valence-corrected chi connectivity index (χ4v) is 1.74. The molecule has 0 amide bonds. The SMILES string of the molecule is Cc1nc2ccc3[nH]ccc3c2[nH]1. The van der Waals surface area contributed by atoms with Crippen LogP contribution in [-0.4, -0.2) is 15.0 Å². The van der Waals surface area contributed by atoms with Crippen LogP contribution in [-0.2, 0) is 0 Å². The Kier molecular flexibility index (Phi) is 1.10. The zero-order chi connectivity index (χ0) is 8.84. The van der Waals surface area contributed by atoms with Crippen molar-refractivity contribution in [3.63, 3.8) is 0 Å². The summed E-state index contributed by atoms with van der Waals surface area (Å²) in [5.41, 5.74) is 3.30. The minimum Gasteiger partial charge on any atom is -0.361 e. The summed E-state index contributed by atoms with van der Waals surface area (Å²) >= 11 is 0. The molecule has 2 N–H and O–H groups in total. The molecule has 13 heavy (non-hydrogen) atoms. The maximum atomic E-state index is 4.37. The Labute approximate surface area is 74.8 Å². The molecule has 3 aromatic rings. The Bertz CT molecular complexity index is 574. The Morgan fingerprint density at radius 3 is 3.08 bits per heavy atom. The average molecular weight is 171 g/mol. The maximum Gasteiger partial charge on any atom is 0.104 e. The van der Waals surface area contributed by atoms with Crippen molar-refractivity contribution < 1.29 is 0 Å². The van der Waals surface area contributed by atoms with Gasteiger partial charge in [-0.3, -0.25) is 0 Å². The van der Waals surface area contributed by atoms with Crippen LogP contribution in [0.3, 0.4) is 0 Å². The molecule has 3 heteroatoms. The average Bonchev–Trinajstić information content (AvgIpc) is 2.65. The van der Waals surface area contributed by atoms with Crippen LogP contribution in [0.1, 0.15) is 5.82 Å². The van der Waals surface area contributed by atoms with E-state index in [1.54, 1.807) is 0 Å². The second-order valence-corrected chi connectivity index (χ2v) is 3.22. The predicted octanol–water partition coefficient (Wildman–Crippen LogP) is 2.35. The molecule has 3 rings (SSSR count). The Morgan fingerprint density at radius 1 is 1.23 bits per heavy atom. The lowest BCUT2D eigenvalue weighted by Crippen LogP contribution is -1.71. The molecule has 0 unspecified atom stereocenters. The van der Waals surface area contributed by atoms with Gasteiger partial charge in [0, 0.05) is 17.1 Å². The summed E-state index contributed by atoms with van der Waals surface area (Å²) in [7, 11) is 0. The van der Waals surface area contributed by atoms with E-state index in [0.717, 1.165) is 22.4 Å². The quantitative estimate of drug-likeness (QED) is 0.535. The molecule has 0 radical (unpaired) electrons. The Balaban J connectivity index is 2.64. The standard InChI is InChI=1S/C10H9N3/c1-6-12-9-3-2-8-7(4-5-11-8)10(9)13-6/h2-5,11H,1H3,(H,12,13). The van der Waals surface area contributed by atoms with Crippen molar-refractivity contribution in [2.24, 2.45) is 0 Å². The van der Waals surface area contributed by atoms with E-state index in [-0.39, 0.29) is 0 Å². The minimum atomic E-state index is 0.962. The van der Waals surface area contributed by atoms with E-state index in [2.05, 4.69) is 27.1 Å². The van der Waals surface area contributed by atoms with Gasteiger partial charge in [-0.15, -0.1) is 0 Å². The summed E-state index contributed by atoms with van der Waals surface area (Å²) < 4.78 is 0. The normalized spacial score (nSPS) is 11.5. The number of fused-ring (bicyclic) bond motifs is 3. The molecule has 0 aliphatic carbocycles. The van der Waals surface area contributed by atoms with Gasteiger partial charge in [-0.25, -0.2) is 4.98 Å². The molecule has 0 aliphatic heterocycles. The minimum absolute atomic E-state index is 0.962. The van der Waals surface area contributed by atoms with Gasteiger partial charge in [-0.2, -0.15) is 0 Å². The highest BCUT2D eigenvalue weighted by molar-refractivity contribution is 6.02. The molecule has 64 valence electrons. The van der Waals surface area contributed by atoms with Crippen molar-refractivity contribution in [1.29, 1.82) is 0 Å². The van der Waals surface area contributed by atoms with E-state index >= 15 is 0 Å². The number of nitrogens with one attached hydrogen (secondary N) is 2. The lowest BCUT2D eigenvalue weighted by atomic mass is 10.2. The van der Waals surface area contributed by atoms with Gasteiger partial charge < -0.3 is 9.97 Å². The second-order valence-electron chi connectivity index (χ2n) is 3.22. The molecule has 2 heterocycles. The van der Waals surface area contributed by atoms with Crippen molar-refractivity contribution in [2.45, 2.75) is 6.92 Å². The van der Waals surface area contributed by atoms with E-state index in [1.165, 1.54) is 5.39 Å². The third-order valence-electron chi connectivity index (χ3n) is 2.31. The van der Waals surface area contributed by atoms with E-state index in [9.17, 15) is 0 Å². The van der Waals surface area contributed by atoms with Crippen molar-refractivity contribution >= 4 is 21.9 Å². The van der Waals surface area contributed by atoms with Crippen molar-refractivity contribution in [3.05, 3.63) is 30.2 Å². The summed E-state index contributed by atoms with van der Waals surface area (Å²) in [6, 6.07) is 6.14. The number of imidazole rings is 1. The number of aromatic nitrogens is 3. The molecule has 3 nitrogen and oxygen atoms in total.